The maximum atomic E-state index is 11.6. The molecule has 37 heavy (non-hydrogen) atoms. The van der Waals surface area contributed by atoms with Crippen molar-refractivity contribution in [1.29, 1.82) is 0 Å². The van der Waals surface area contributed by atoms with Gasteiger partial charge in [0, 0.05) is 69.2 Å². The molecule has 1 saturated heterocycles. The summed E-state index contributed by atoms with van der Waals surface area (Å²) in [4.78, 5) is 20.9. The van der Waals surface area contributed by atoms with E-state index in [0.29, 0.717) is 0 Å². The first-order valence-electron chi connectivity index (χ1n) is 14.1. The summed E-state index contributed by atoms with van der Waals surface area (Å²) in [5, 5.41) is 3.50. The molecular weight excluding hydrogens is 458 g/mol. The SMILES string of the molecule is C=CCc1cc(CCCCC)n(C)c1/N=C(\C)N/C1=C/C/C=C(/N2CCN(C(C)=O)CC2)CC=C1.CC. The predicted octanol–water partition coefficient (Wildman–Crippen LogP) is 6.43. The van der Waals surface area contributed by atoms with Crippen LogP contribution in [0.15, 0.2) is 59.4 Å². The molecule has 1 aromatic heterocycles. The van der Waals surface area contributed by atoms with Crippen LogP contribution in [0, 0.1) is 0 Å². The number of hydrogen-bond donors (Lipinski definition) is 1. The van der Waals surface area contributed by atoms with Crippen molar-refractivity contribution in [2.75, 3.05) is 26.2 Å². The molecule has 2 heterocycles. The van der Waals surface area contributed by atoms with E-state index in [9.17, 15) is 4.79 Å². The van der Waals surface area contributed by atoms with Gasteiger partial charge in [0.15, 0.2) is 0 Å². The molecule has 1 N–H and O–H groups in total. The number of nitrogens with zero attached hydrogens (tertiary/aromatic N) is 4. The number of aliphatic imine (C=N–C) groups is 1. The molecular formula is C31H49N5O. The number of unbranched alkanes of at least 4 members (excludes halogenated alkanes) is 2. The molecule has 1 fully saturated rings. The monoisotopic (exact) mass is 507 g/mol. The van der Waals surface area contributed by atoms with Gasteiger partial charge in [-0.1, -0.05) is 57.9 Å². The smallest absolute Gasteiger partial charge is 0.219 e. The van der Waals surface area contributed by atoms with Gasteiger partial charge in [-0.15, -0.1) is 6.58 Å². The van der Waals surface area contributed by atoms with Gasteiger partial charge in [-0.3, -0.25) is 4.79 Å². The Labute approximate surface area is 225 Å². The highest BCUT2D eigenvalue weighted by Crippen LogP contribution is 2.26. The fourth-order valence-corrected chi connectivity index (χ4v) is 4.80. The molecule has 0 unspecified atom stereocenters. The number of nitrogens with one attached hydrogen (secondary N) is 1. The normalized spacial score (nSPS) is 19.0. The Balaban J connectivity index is 0.00000235. The van der Waals surface area contributed by atoms with Gasteiger partial charge in [0.2, 0.25) is 5.91 Å². The average molecular weight is 508 g/mol. The Bertz CT molecular complexity index is 1000. The number of amidine groups is 1. The van der Waals surface area contributed by atoms with Crippen LogP contribution in [-0.4, -0.2) is 52.3 Å². The third-order valence-corrected chi connectivity index (χ3v) is 6.82. The topological polar surface area (TPSA) is 52.9 Å². The van der Waals surface area contributed by atoms with Crippen LogP contribution in [0.2, 0.25) is 0 Å². The van der Waals surface area contributed by atoms with E-state index >= 15 is 0 Å². The van der Waals surface area contributed by atoms with Crippen LogP contribution in [0.25, 0.3) is 0 Å². The second-order valence-electron chi connectivity index (χ2n) is 9.51. The van der Waals surface area contributed by atoms with Crippen molar-refractivity contribution >= 4 is 17.6 Å². The zero-order valence-electron chi connectivity index (χ0n) is 24.1. The predicted molar refractivity (Wildman–Crippen MR) is 158 cm³/mol. The molecule has 0 spiro atoms. The number of rotatable bonds is 9. The van der Waals surface area contributed by atoms with Gasteiger partial charge in [0.1, 0.15) is 11.7 Å². The lowest BCUT2D eigenvalue weighted by Gasteiger charge is -2.37. The lowest BCUT2D eigenvalue weighted by Crippen LogP contribution is -2.47. The fourth-order valence-electron chi connectivity index (χ4n) is 4.80. The molecule has 0 bridgehead atoms. The summed E-state index contributed by atoms with van der Waals surface area (Å²) < 4.78 is 2.24. The summed E-state index contributed by atoms with van der Waals surface area (Å²) in [7, 11) is 2.12. The minimum absolute atomic E-state index is 0.173. The second kappa shape index (κ2) is 16.0. The maximum Gasteiger partial charge on any atom is 0.219 e. The van der Waals surface area contributed by atoms with Crippen LogP contribution in [0.3, 0.4) is 0 Å². The number of piperazine rings is 1. The van der Waals surface area contributed by atoms with E-state index in [1.165, 1.54) is 36.2 Å². The highest BCUT2D eigenvalue weighted by Gasteiger charge is 2.20. The average Bonchev–Trinajstić information content (AvgIpc) is 3.16. The highest BCUT2D eigenvalue weighted by molar-refractivity contribution is 5.84. The lowest BCUT2D eigenvalue weighted by atomic mass is 10.1. The first-order valence-corrected chi connectivity index (χ1v) is 14.1. The van der Waals surface area contributed by atoms with E-state index < -0.39 is 0 Å². The number of aromatic nitrogens is 1. The molecule has 0 atom stereocenters. The number of aryl methyl sites for hydroxylation is 1. The lowest BCUT2D eigenvalue weighted by molar-refractivity contribution is -0.130. The third-order valence-electron chi connectivity index (χ3n) is 6.82. The Kier molecular flexibility index (Phi) is 13.0. The maximum absolute atomic E-state index is 11.6. The van der Waals surface area contributed by atoms with E-state index in [0.717, 1.165) is 69.2 Å². The molecule has 0 aromatic carbocycles. The van der Waals surface area contributed by atoms with Gasteiger partial charge >= 0.3 is 0 Å². The molecule has 0 radical (unpaired) electrons. The van der Waals surface area contributed by atoms with Gasteiger partial charge in [-0.2, -0.15) is 0 Å². The summed E-state index contributed by atoms with van der Waals surface area (Å²) in [6, 6.07) is 2.29. The fraction of sp³-hybridized carbons (Fsp3) is 0.548. The Hall–Kier alpha value is -3.02. The largest absolute Gasteiger partial charge is 0.371 e. The van der Waals surface area contributed by atoms with Crippen molar-refractivity contribution in [2.24, 2.45) is 12.0 Å². The number of hydrogen-bond acceptors (Lipinski definition) is 3. The summed E-state index contributed by atoms with van der Waals surface area (Å²) >= 11 is 0. The van der Waals surface area contributed by atoms with Gasteiger partial charge in [0.25, 0.3) is 0 Å². The van der Waals surface area contributed by atoms with E-state index in [-0.39, 0.29) is 5.91 Å². The minimum Gasteiger partial charge on any atom is -0.371 e. The minimum atomic E-state index is 0.173. The van der Waals surface area contributed by atoms with Gasteiger partial charge in [-0.05, 0) is 44.7 Å². The Morgan fingerprint density at radius 3 is 2.51 bits per heavy atom. The first kappa shape index (κ1) is 30.2. The van der Waals surface area contributed by atoms with Crippen molar-refractivity contribution in [3.05, 3.63) is 65.7 Å². The molecule has 1 aliphatic carbocycles. The van der Waals surface area contributed by atoms with Crippen molar-refractivity contribution < 1.29 is 4.79 Å². The molecule has 1 amide bonds. The third kappa shape index (κ3) is 9.10. The van der Waals surface area contributed by atoms with Gasteiger partial charge in [0.05, 0.1) is 0 Å². The molecule has 0 saturated carbocycles. The van der Waals surface area contributed by atoms with Crippen LogP contribution in [0.5, 0.6) is 0 Å². The zero-order chi connectivity index (χ0) is 27.2. The standard InChI is InChI=1S/C29H43N5O.C2H6/c1-6-8-9-15-28-22-25(12-7-2)29(32(28)5)31-23(3)30-26-13-10-16-27(17-11-14-26)34-20-18-33(19-21-34)24(4)35;1-2/h7,10,13-14,17,22H,2,6,8-9,11-12,15-16,18-21H2,1,3-5H3,(H,30,31);1-2H3/b13-10?,26-14+,27-17+;. The quantitative estimate of drug-likeness (QED) is 0.181. The van der Waals surface area contributed by atoms with Gasteiger partial charge < -0.3 is 19.7 Å². The highest BCUT2D eigenvalue weighted by atomic mass is 16.2. The molecule has 1 aromatic rings. The summed E-state index contributed by atoms with van der Waals surface area (Å²) in [6.45, 7) is 17.3. The van der Waals surface area contributed by atoms with Crippen molar-refractivity contribution in [3.63, 3.8) is 0 Å². The van der Waals surface area contributed by atoms with E-state index in [2.05, 4.69) is 65.7 Å². The molecule has 3 rings (SSSR count). The Morgan fingerprint density at radius 2 is 1.86 bits per heavy atom. The number of carbonyl (C=O) groups is 1. The molecule has 204 valence electrons. The molecule has 1 aliphatic heterocycles. The van der Waals surface area contributed by atoms with Crippen molar-refractivity contribution in [2.45, 2.75) is 79.6 Å². The van der Waals surface area contributed by atoms with E-state index in [1.807, 2.05) is 31.7 Å². The molecule has 6 heteroatoms. The summed E-state index contributed by atoms with van der Waals surface area (Å²) in [5.41, 5.74) is 4.99. The number of amides is 1. The zero-order valence-corrected chi connectivity index (χ0v) is 24.1. The summed E-state index contributed by atoms with van der Waals surface area (Å²) in [5.74, 6) is 2.08. The van der Waals surface area contributed by atoms with Crippen LogP contribution >= 0.6 is 0 Å². The van der Waals surface area contributed by atoms with Crippen LogP contribution in [0.4, 0.5) is 5.82 Å². The Morgan fingerprint density at radius 1 is 1.14 bits per heavy atom. The second-order valence-corrected chi connectivity index (χ2v) is 9.51. The van der Waals surface area contributed by atoms with Gasteiger partial charge in [-0.25, -0.2) is 4.99 Å². The molecule has 6 nitrogen and oxygen atoms in total. The van der Waals surface area contributed by atoms with Crippen LogP contribution < -0.4 is 5.32 Å². The number of carbonyl (C=O) groups excluding carboxylic acids is 1. The van der Waals surface area contributed by atoms with Crippen molar-refractivity contribution in [3.8, 4) is 0 Å². The van der Waals surface area contributed by atoms with Crippen LogP contribution in [-0.2, 0) is 24.7 Å². The van der Waals surface area contributed by atoms with E-state index in [1.54, 1.807) is 6.92 Å². The molecule has 2 aliphatic rings. The number of allylic oxidation sites excluding steroid dienone is 5. The van der Waals surface area contributed by atoms with E-state index in [4.69, 9.17) is 4.99 Å². The first-order chi connectivity index (χ1) is 17.9. The summed E-state index contributed by atoms with van der Waals surface area (Å²) in [6.07, 6.45) is 18.2. The van der Waals surface area contributed by atoms with Crippen LogP contribution in [0.1, 0.15) is 78.0 Å². The van der Waals surface area contributed by atoms with Crippen molar-refractivity contribution in [1.82, 2.24) is 19.7 Å².